The lowest BCUT2D eigenvalue weighted by Crippen LogP contribution is -2.26. The molecule has 0 spiro atoms. The highest BCUT2D eigenvalue weighted by atomic mass is 16.5. The molecule has 0 amide bonds. The van der Waals surface area contributed by atoms with Crippen LogP contribution in [0.15, 0.2) is 18.2 Å². The van der Waals surface area contributed by atoms with E-state index in [1.807, 2.05) is 18.2 Å². The Bertz CT molecular complexity index is 531. The largest absolute Gasteiger partial charge is 0.493 e. The fourth-order valence-corrected chi connectivity index (χ4v) is 3.62. The van der Waals surface area contributed by atoms with Gasteiger partial charge < -0.3 is 9.47 Å². The van der Waals surface area contributed by atoms with Crippen LogP contribution in [0.4, 0.5) is 0 Å². The van der Waals surface area contributed by atoms with E-state index < -0.39 is 0 Å². The highest BCUT2D eigenvalue weighted by Crippen LogP contribution is 2.41. The molecule has 3 heteroatoms. The van der Waals surface area contributed by atoms with Crippen molar-refractivity contribution in [1.29, 1.82) is 0 Å². The van der Waals surface area contributed by atoms with Crippen LogP contribution in [0.5, 0.6) is 11.5 Å². The van der Waals surface area contributed by atoms with E-state index in [1.165, 1.54) is 12.8 Å². The van der Waals surface area contributed by atoms with Gasteiger partial charge in [-0.15, -0.1) is 0 Å². The molecule has 2 aliphatic rings. The predicted molar refractivity (Wildman–Crippen MR) is 82.1 cm³/mol. The topological polar surface area (TPSA) is 35.5 Å². The molecule has 3 nitrogen and oxygen atoms in total. The molecule has 2 fully saturated rings. The van der Waals surface area contributed by atoms with Crippen LogP contribution in [0.25, 0.3) is 0 Å². The number of ether oxygens (including phenoxy) is 2. The zero-order valence-electron chi connectivity index (χ0n) is 13.0. The van der Waals surface area contributed by atoms with Gasteiger partial charge in [-0.1, -0.05) is 6.07 Å². The van der Waals surface area contributed by atoms with E-state index in [0.29, 0.717) is 18.3 Å². The van der Waals surface area contributed by atoms with Crippen molar-refractivity contribution in [1.82, 2.24) is 0 Å². The van der Waals surface area contributed by atoms with Gasteiger partial charge >= 0.3 is 0 Å². The molecule has 3 rings (SSSR count). The third-order valence-electron chi connectivity index (χ3n) is 5.09. The van der Waals surface area contributed by atoms with Crippen molar-refractivity contribution in [2.24, 2.45) is 0 Å². The summed E-state index contributed by atoms with van der Waals surface area (Å²) in [6.45, 7) is 2.06. The second kappa shape index (κ2) is 5.70. The van der Waals surface area contributed by atoms with Gasteiger partial charge in [0.2, 0.25) is 0 Å². The van der Waals surface area contributed by atoms with Gasteiger partial charge in [-0.25, -0.2) is 0 Å². The number of ketones is 1. The quantitative estimate of drug-likeness (QED) is 0.839. The zero-order valence-corrected chi connectivity index (χ0v) is 13.0. The Morgan fingerprint density at radius 2 is 1.90 bits per heavy atom. The fourth-order valence-electron chi connectivity index (χ4n) is 3.62. The lowest BCUT2D eigenvalue weighted by atomic mass is 9.80. The van der Waals surface area contributed by atoms with E-state index in [1.54, 1.807) is 7.11 Å². The van der Waals surface area contributed by atoms with Crippen molar-refractivity contribution in [3.8, 4) is 11.5 Å². The molecule has 1 aromatic rings. The highest BCUT2D eigenvalue weighted by Gasteiger charge is 2.39. The molecule has 0 saturated heterocycles. The summed E-state index contributed by atoms with van der Waals surface area (Å²) in [4.78, 5) is 12.2. The molecule has 0 N–H and O–H groups in total. The number of carbonyl (C=O) groups is 1. The maximum atomic E-state index is 12.2. The number of rotatable bonds is 4. The van der Waals surface area contributed by atoms with Crippen LogP contribution in [-0.2, 0) is 10.2 Å². The molecule has 0 radical (unpaired) electrons. The van der Waals surface area contributed by atoms with Crippen molar-refractivity contribution in [3.63, 3.8) is 0 Å². The number of benzene rings is 1. The van der Waals surface area contributed by atoms with Crippen LogP contribution < -0.4 is 9.47 Å². The lowest BCUT2D eigenvalue weighted by Gasteiger charge is -2.24. The standard InChI is InChI=1S/C18H24O3/c1-18(11-5-8-17(18)19)13-9-10-15(20-2)16(12-13)21-14-6-3-4-7-14/h9-10,12,14H,3-8,11H2,1-2H3. The Morgan fingerprint density at radius 3 is 2.52 bits per heavy atom. The highest BCUT2D eigenvalue weighted by molar-refractivity contribution is 5.91. The van der Waals surface area contributed by atoms with Gasteiger partial charge in [0.25, 0.3) is 0 Å². The number of carbonyl (C=O) groups excluding carboxylic acids is 1. The first-order chi connectivity index (χ1) is 10.1. The summed E-state index contributed by atoms with van der Waals surface area (Å²) >= 11 is 0. The molecule has 0 aromatic heterocycles. The van der Waals surface area contributed by atoms with Gasteiger partial charge in [0.15, 0.2) is 11.5 Å². The molecule has 1 aromatic carbocycles. The fraction of sp³-hybridized carbons (Fsp3) is 0.611. The molecule has 114 valence electrons. The van der Waals surface area contributed by atoms with Crippen LogP contribution in [-0.4, -0.2) is 19.0 Å². The summed E-state index contributed by atoms with van der Waals surface area (Å²) in [7, 11) is 1.67. The van der Waals surface area contributed by atoms with E-state index in [4.69, 9.17) is 9.47 Å². The molecule has 1 atom stereocenters. The van der Waals surface area contributed by atoms with E-state index in [-0.39, 0.29) is 5.41 Å². The average molecular weight is 288 g/mol. The number of Topliss-reactive ketones (excluding diaryl/α,β-unsaturated/α-hetero) is 1. The smallest absolute Gasteiger partial charge is 0.161 e. The van der Waals surface area contributed by atoms with Crippen LogP contribution in [0.2, 0.25) is 0 Å². The molecule has 0 heterocycles. The summed E-state index contributed by atoms with van der Waals surface area (Å²) in [5.74, 6) is 1.90. The van der Waals surface area contributed by atoms with Gasteiger partial charge in [0.05, 0.1) is 18.6 Å². The summed E-state index contributed by atoms with van der Waals surface area (Å²) in [6.07, 6.45) is 7.61. The first-order valence-corrected chi connectivity index (χ1v) is 8.02. The van der Waals surface area contributed by atoms with E-state index in [0.717, 1.165) is 42.7 Å². The Hall–Kier alpha value is -1.51. The Kier molecular flexibility index (Phi) is 3.92. The maximum absolute atomic E-state index is 12.2. The van der Waals surface area contributed by atoms with Crippen molar-refractivity contribution < 1.29 is 14.3 Å². The normalized spacial score (nSPS) is 26.3. The summed E-state index contributed by atoms with van der Waals surface area (Å²) in [6, 6.07) is 5.99. The first kappa shape index (κ1) is 14.4. The molecule has 2 aliphatic carbocycles. The van der Waals surface area contributed by atoms with Crippen LogP contribution in [0.3, 0.4) is 0 Å². The van der Waals surface area contributed by atoms with Gasteiger partial charge in [-0.3, -0.25) is 4.79 Å². The van der Waals surface area contributed by atoms with Crippen molar-refractivity contribution >= 4 is 5.78 Å². The number of hydrogen-bond donors (Lipinski definition) is 0. The summed E-state index contributed by atoms with van der Waals surface area (Å²) < 4.78 is 11.6. The van der Waals surface area contributed by atoms with Gasteiger partial charge in [-0.2, -0.15) is 0 Å². The summed E-state index contributed by atoms with van der Waals surface area (Å²) in [5.41, 5.74) is 0.721. The number of hydrogen-bond acceptors (Lipinski definition) is 3. The third-order valence-corrected chi connectivity index (χ3v) is 5.09. The molecule has 0 aliphatic heterocycles. The third kappa shape index (κ3) is 2.66. The van der Waals surface area contributed by atoms with Crippen molar-refractivity contribution in [2.45, 2.75) is 63.4 Å². The van der Waals surface area contributed by atoms with Crippen molar-refractivity contribution in [3.05, 3.63) is 23.8 Å². The minimum Gasteiger partial charge on any atom is -0.493 e. The minimum atomic E-state index is -0.347. The minimum absolute atomic E-state index is 0.293. The molecule has 2 saturated carbocycles. The Labute approximate surface area is 126 Å². The molecule has 21 heavy (non-hydrogen) atoms. The predicted octanol–water partition coefficient (Wildman–Crippen LogP) is 4.03. The second-order valence-electron chi connectivity index (χ2n) is 6.50. The SMILES string of the molecule is COc1ccc(C2(C)CCCC2=O)cc1OC1CCCC1. The monoisotopic (exact) mass is 288 g/mol. The van der Waals surface area contributed by atoms with Crippen LogP contribution >= 0.6 is 0 Å². The Morgan fingerprint density at radius 1 is 1.14 bits per heavy atom. The maximum Gasteiger partial charge on any atom is 0.161 e. The molecular formula is C18H24O3. The first-order valence-electron chi connectivity index (χ1n) is 8.02. The van der Waals surface area contributed by atoms with Crippen LogP contribution in [0, 0.1) is 0 Å². The number of methoxy groups -OCH3 is 1. The van der Waals surface area contributed by atoms with E-state index in [9.17, 15) is 4.79 Å². The van der Waals surface area contributed by atoms with Crippen molar-refractivity contribution in [2.75, 3.05) is 7.11 Å². The lowest BCUT2D eigenvalue weighted by molar-refractivity contribution is -0.121. The molecular weight excluding hydrogens is 264 g/mol. The zero-order chi connectivity index (χ0) is 14.9. The van der Waals surface area contributed by atoms with E-state index in [2.05, 4.69) is 6.92 Å². The van der Waals surface area contributed by atoms with Gasteiger partial charge in [-0.05, 0) is 63.1 Å². The Balaban J connectivity index is 1.90. The van der Waals surface area contributed by atoms with Crippen LogP contribution in [0.1, 0.15) is 57.4 Å². The summed E-state index contributed by atoms with van der Waals surface area (Å²) in [5, 5.41) is 0. The van der Waals surface area contributed by atoms with E-state index >= 15 is 0 Å². The average Bonchev–Trinajstić information content (AvgIpc) is 3.10. The van der Waals surface area contributed by atoms with Gasteiger partial charge in [0, 0.05) is 6.42 Å². The second-order valence-corrected chi connectivity index (χ2v) is 6.50. The molecule has 0 bridgehead atoms. The molecule has 1 unspecified atom stereocenters. The van der Waals surface area contributed by atoms with Gasteiger partial charge in [0.1, 0.15) is 5.78 Å².